The maximum Gasteiger partial charge on any atom is 0.129 e. The van der Waals surface area contributed by atoms with Gasteiger partial charge in [-0.1, -0.05) is 19.9 Å². The Morgan fingerprint density at radius 1 is 1.45 bits per heavy atom. The van der Waals surface area contributed by atoms with Crippen LogP contribution in [0.1, 0.15) is 25.8 Å². The number of anilines is 1. The summed E-state index contributed by atoms with van der Waals surface area (Å²) < 4.78 is 14.1. The number of hydrogen-bond donors (Lipinski definition) is 2. The first-order valence-corrected chi connectivity index (χ1v) is 7.45. The van der Waals surface area contributed by atoms with Crippen LogP contribution in [0.15, 0.2) is 18.2 Å². The summed E-state index contributed by atoms with van der Waals surface area (Å²) in [6.07, 6.45) is 0.978. The van der Waals surface area contributed by atoms with Crippen LogP contribution >= 0.6 is 0 Å². The van der Waals surface area contributed by atoms with Crippen molar-refractivity contribution in [1.82, 2.24) is 5.32 Å². The van der Waals surface area contributed by atoms with Crippen LogP contribution < -0.4 is 10.2 Å². The minimum absolute atomic E-state index is 0.147. The molecule has 1 aliphatic rings. The summed E-state index contributed by atoms with van der Waals surface area (Å²) in [6.45, 7) is 7.65. The molecule has 3 nitrogen and oxygen atoms in total. The number of benzene rings is 1. The van der Waals surface area contributed by atoms with Gasteiger partial charge in [0.2, 0.25) is 0 Å². The van der Waals surface area contributed by atoms with Crippen LogP contribution in [0.2, 0.25) is 0 Å². The maximum atomic E-state index is 14.1. The maximum absolute atomic E-state index is 14.1. The van der Waals surface area contributed by atoms with Gasteiger partial charge in [0.05, 0.1) is 0 Å². The number of aliphatic hydroxyl groups is 1. The normalized spacial score (nSPS) is 19.1. The molecule has 20 heavy (non-hydrogen) atoms. The Labute approximate surface area is 120 Å². The summed E-state index contributed by atoms with van der Waals surface area (Å²) in [6, 6.07) is 5.27. The van der Waals surface area contributed by atoms with E-state index in [-0.39, 0.29) is 12.4 Å². The quantitative estimate of drug-likeness (QED) is 0.840. The largest absolute Gasteiger partial charge is 0.396 e. The fourth-order valence-electron chi connectivity index (χ4n) is 2.70. The predicted molar refractivity (Wildman–Crippen MR) is 80.4 cm³/mol. The van der Waals surface area contributed by atoms with Crippen LogP contribution in [0.25, 0.3) is 0 Å². The first-order chi connectivity index (χ1) is 9.61. The van der Waals surface area contributed by atoms with Gasteiger partial charge in [0.15, 0.2) is 0 Å². The number of halogens is 1. The summed E-state index contributed by atoms with van der Waals surface area (Å²) in [5.74, 6) is 0.719. The van der Waals surface area contributed by atoms with Gasteiger partial charge >= 0.3 is 0 Å². The van der Waals surface area contributed by atoms with Crippen molar-refractivity contribution in [2.75, 3.05) is 31.1 Å². The monoisotopic (exact) mass is 280 g/mol. The summed E-state index contributed by atoms with van der Waals surface area (Å²) >= 11 is 0. The van der Waals surface area contributed by atoms with Gasteiger partial charge in [0, 0.05) is 43.4 Å². The average Bonchev–Trinajstić information content (AvgIpc) is 2.89. The fourth-order valence-corrected chi connectivity index (χ4v) is 2.70. The van der Waals surface area contributed by atoms with Crippen molar-refractivity contribution in [3.63, 3.8) is 0 Å². The minimum atomic E-state index is -0.147. The van der Waals surface area contributed by atoms with Crippen LogP contribution in [0.5, 0.6) is 0 Å². The summed E-state index contributed by atoms with van der Waals surface area (Å²) in [5, 5.41) is 12.6. The van der Waals surface area contributed by atoms with Crippen LogP contribution in [0.3, 0.4) is 0 Å². The van der Waals surface area contributed by atoms with Crippen LogP contribution in [0, 0.1) is 17.7 Å². The molecule has 0 aliphatic carbocycles. The van der Waals surface area contributed by atoms with E-state index in [0.717, 1.165) is 37.3 Å². The van der Waals surface area contributed by atoms with Gasteiger partial charge in [-0.25, -0.2) is 4.39 Å². The highest BCUT2D eigenvalue weighted by atomic mass is 19.1. The van der Waals surface area contributed by atoms with Crippen molar-refractivity contribution in [3.05, 3.63) is 29.6 Å². The molecule has 1 atom stereocenters. The SMILES string of the molecule is CC(C)CNCc1c(F)cccc1N1CCC(CO)C1. The molecule has 1 aromatic carbocycles. The van der Waals surface area contributed by atoms with E-state index in [0.29, 0.717) is 18.4 Å². The van der Waals surface area contributed by atoms with Crippen molar-refractivity contribution < 1.29 is 9.50 Å². The molecule has 1 fully saturated rings. The lowest BCUT2D eigenvalue weighted by molar-refractivity contribution is 0.238. The Kier molecular flexibility index (Phi) is 5.38. The average molecular weight is 280 g/mol. The molecule has 0 bridgehead atoms. The zero-order valence-corrected chi connectivity index (χ0v) is 12.4. The molecular formula is C16H25FN2O. The molecule has 2 N–H and O–H groups in total. The van der Waals surface area contributed by atoms with Crippen molar-refractivity contribution in [2.24, 2.45) is 11.8 Å². The Hall–Kier alpha value is -1.13. The third kappa shape index (κ3) is 3.70. The van der Waals surface area contributed by atoms with Gasteiger partial charge in [-0.05, 0) is 31.0 Å². The summed E-state index contributed by atoms with van der Waals surface area (Å²) in [4.78, 5) is 2.19. The van der Waals surface area contributed by atoms with Crippen molar-refractivity contribution >= 4 is 5.69 Å². The van der Waals surface area contributed by atoms with E-state index >= 15 is 0 Å². The number of hydrogen-bond acceptors (Lipinski definition) is 3. The predicted octanol–water partition coefficient (Wildman–Crippen LogP) is 2.39. The number of aliphatic hydroxyl groups excluding tert-OH is 1. The molecule has 0 spiro atoms. The molecular weight excluding hydrogens is 255 g/mol. The van der Waals surface area contributed by atoms with Gasteiger partial charge in [-0.3, -0.25) is 0 Å². The first kappa shape index (κ1) is 15.3. The fraction of sp³-hybridized carbons (Fsp3) is 0.625. The molecule has 112 valence electrons. The highest BCUT2D eigenvalue weighted by Gasteiger charge is 2.24. The molecule has 1 aliphatic heterocycles. The van der Waals surface area contributed by atoms with E-state index in [1.54, 1.807) is 6.07 Å². The molecule has 1 unspecified atom stereocenters. The standard InChI is InChI=1S/C16H25FN2O/c1-12(2)8-18-9-14-15(17)4-3-5-16(14)19-7-6-13(10-19)11-20/h3-5,12-13,18,20H,6-11H2,1-2H3. The molecule has 1 heterocycles. The van der Waals surface area contributed by atoms with E-state index < -0.39 is 0 Å². The molecule has 1 aromatic rings. The second-order valence-corrected chi connectivity index (χ2v) is 6.05. The highest BCUT2D eigenvalue weighted by molar-refractivity contribution is 5.55. The van der Waals surface area contributed by atoms with Crippen LogP contribution in [-0.2, 0) is 6.54 Å². The summed E-state index contributed by atoms with van der Waals surface area (Å²) in [7, 11) is 0. The lowest BCUT2D eigenvalue weighted by atomic mass is 10.1. The lowest BCUT2D eigenvalue weighted by Gasteiger charge is -2.23. The van der Waals surface area contributed by atoms with Gasteiger partial charge in [0.25, 0.3) is 0 Å². The third-order valence-electron chi connectivity index (χ3n) is 3.83. The third-order valence-corrected chi connectivity index (χ3v) is 3.83. The second-order valence-electron chi connectivity index (χ2n) is 6.05. The van der Waals surface area contributed by atoms with Crippen molar-refractivity contribution in [1.29, 1.82) is 0 Å². The highest BCUT2D eigenvalue weighted by Crippen LogP contribution is 2.28. The molecule has 0 aromatic heterocycles. The topological polar surface area (TPSA) is 35.5 Å². The van der Waals surface area contributed by atoms with Gasteiger partial charge < -0.3 is 15.3 Å². The van der Waals surface area contributed by atoms with E-state index in [9.17, 15) is 9.50 Å². The zero-order valence-electron chi connectivity index (χ0n) is 12.4. The smallest absolute Gasteiger partial charge is 0.129 e. The van der Waals surface area contributed by atoms with E-state index in [4.69, 9.17) is 0 Å². The molecule has 0 amide bonds. The number of nitrogens with zero attached hydrogens (tertiary/aromatic N) is 1. The molecule has 0 radical (unpaired) electrons. The Morgan fingerprint density at radius 3 is 2.90 bits per heavy atom. The van der Waals surface area contributed by atoms with Gasteiger partial charge in [0.1, 0.15) is 5.82 Å². The first-order valence-electron chi connectivity index (χ1n) is 7.45. The second kappa shape index (κ2) is 7.04. The van der Waals surface area contributed by atoms with Crippen LogP contribution in [0.4, 0.5) is 10.1 Å². The van der Waals surface area contributed by atoms with Gasteiger partial charge in [-0.15, -0.1) is 0 Å². The Morgan fingerprint density at radius 2 is 2.25 bits per heavy atom. The Bertz CT molecular complexity index is 436. The zero-order chi connectivity index (χ0) is 14.5. The molecule has 2 rings (SSSR count). The minimum Gasteiger partial charge on any atom is -0.396 e. The molecule has 0 saturated carbocycles. The van der Waals surface area contributed by atoms with Crippen LogP contribution in [-0.4, -0.2) is 31.3 Å². The summed E-state index contributed by atoms with van der Waals surface area (Å²) in [5.41, 5.74) is 1.71. The number of rotatable bonds is 6. The van der Waals surface area contributed by atoms with E-state index in [1.165, 1.54) is 6.07 Å². The van der Waals surface area contributed by atoms with E-state index in [1.807, 2.05) is 6.07 Å². The number of nitrogens with one attached hydrogen (secondary N) is 1. The lowest BCUT2D eigenvalue weighted by Crippen LogP contribution is -2.25. The van der Waals surface area contributed by atoms with E-state index in [2.05, 4.69) is 24.1 Å². The van der Waals surface area contributed by atoms with Crippen molar-refractivity contribution in [2.45, 2.75) is 26.8 Å². The van der Waals surface area contributed by atoms with Gasteiger partial charge in [-0.2, -0.15) is 0 Å². The molecule has 1 saturated heterocycles. The van der Waals surface area contributed by atoms with Crippen molar-refractivity contribution in [3.8, 4) is 0 Å². The molecule has 4 heteroatoms. The Balaban J connectivity index is 2.10.